The van der Waals surface area contributed by atoms with Crippen molar-refractivity contribution in [3.05, 3.63) is 34.4 Å². The Morgan fingerprint density at radius 2 is 2.20 bits per heavy atom. The number of fused-ring (bicyclic) bond motifs is 1. The first-order chi connectivity index (χ1) is 9.51. The maximum atomic E-state index is 11.9. The summed E-state index contributed by atoms with van der Waals surface area (Å²) in [6, 6.07) is 5.15. The molecule has 1 aromatic rings. The summed E-state index contributed by atoms with van der Waals surface area (Å²) in [5, 5.41) is 2.96. The summed E-state index contributed by atoms with van der Waals surface area (Å²) >= 11 is 5.89. The number of hydrogen-bond donors (Lipinski definition) is 1. The van der Waals surface area contributed by atoms with Gasteiger partial charge in [-0.25, -0.2) is 4.79 Å². The van der Waals surface area contributed by atoms with Gasteiger partial charge >= 0.3 is 5.97 Å². The van der Waals surface area contributed by atoms with Crippen LogP contribution >= 0.6 is 11.6 Å². The summed E-state index contributed by atoms with van der Waals surface area (Å²) in [5.74, 6) is -0.281. The van der Waals surface area contributed by atoms with Gasteiger partial charge < -0.3 is 14.8 Å². The zero-order chi connectivity index (χ0) is 14.7. The largest absolute Gasteiger partial charge is 0.488 e. The predicted octanol–water partition coefficient (Wildman–Crippen LogP) is 1.79. The van der Waals surface area contributed by atoms with Gasteiger partial charge in [0.15, 0.2) is 6.10 Å². The van der Waals surface area contributed by atoms with Crippen molar-refractivity contribution in [2.45, 2.75) is 13.0 Å². The summed E-state index contributed by atoms with van der Waals surface area (Å²) in [6.07, 6.45) is 0.804. The van der Waals surface area contributed by atoms with Gasteiger partial charge in [0.1, 0.15) is 12.4 Å². The Morgan fingerprint density at radius 1 is 1.45 bits per heavy atom. The van der Waals surface area contributed by atoms with E-state index >= 15 is 0 Å². The van der Waals surface area contributed by atoms with Gasteiger partial charge in [-0.15, -0.1) is 0 Å². The molecule has 0 aromatic heterocycles. The molecule has 0 spiro atoms. The highest BCUT2D eigenvalue weighted by atomic mass is 35.5. The molecule has 0 bridgehead atoms. The lowest BCUT2D eigenvalue weighted by molar-refractivity contribution is -0.151. The molecule has 1 atom stereocenters. The Labute approximate surface area is 121 Å². The van der Waals surface area contributed by atoms with E-state index in [1.54, 1.807) is 24.3 Å². The number of ether oxygens (including phenoxy) is 2. The number of benzene rings is 1. The molecule has 0 aliphatic carbocycles. The van der Waals surface area contributed by atoms with Crippen LogP contribution in [0.2, 0.25) is 5.02 Å². The molecule has 1 amide bonds. The van der Waals surface area contributed by atoms with E-state index in [4.69, 9.17) is 21.1 Å². The molecule has 1 aliphatic heterocycles. The lowest BCUT2D eigenvalue weighted by atomic mass is 10.1. The molecular weight excluding hydrogens is 282 g/mol. The SMILES string of the molecule is CNC(=O)[C@@H](C)OC(=O)C1=Cc2cc(Cl)ccc2OC1. The highest BCUT2D eigenvalue weighted by Crippen LogP contribution is 2.29. The molecule has 0 saturated carbocycles. The quantitative estimate of drug-likeness (QED) is 0.864. The zero-order valence-corrected chi connectivity index (χ0v) is 11.9. The third-order valence-electron chi connectivity index (χ3n) is 2.85. The highest BCUT2D eigenvalue weighted by molar-refractivity contribution is 6.30. The van der Waals surface area contributed by atoms with Crippen molar-refractivity contribution < 1.29 is 19.1 Å². The van der Waals surface area contributed by atoms with E-state index in [0.29, 0.717) is 21.9 Å². The second-order valence-corrected chi connectivity index (χ2v) is 4.74. The van der Waals surface area contributed by atoms with E-state index in [0.717, 1.165) is 0 Å². The molecule has 6 heteroatoms. The van der Waals surface area contributed by atoms with Gasteiger partial charge in [-0.2, -0.15) is 0 Å². The Hall–Kier alpha value is -2.01. The van der Waals surface area contributed by atoms with Crippen molar-refractivity contribution >= 4 is 29.6 Å². The van der Waals surface area contributed by atoms with Crippen LogP contribution in [0.5, 0.6) is 5.75 Å². The Balaban J connectivity index is 2.14. The van der Waals surface area contributed by atoms with Crippen LogP contribution in [0.1, 0.15) is 12.5 Å². The summed E-state index contributed by atoms with van der Waals surface area (Å²) in [4.78, 5) is 23.3. The fourth-order valence-corrected chi connectivity index (χ4v) is 1.94. The molecule has 1 aliphatic rings. The number of rotatable bonds is 3. The minimum absolute atomic E-state index is 0.105. The normalized spacial score (nSPS) is 14.4. The molecule has 0 unspecified atom stereocenters. The van der Waals surface area contributed by atoms with Gasteiger partial charge in [0.25, 0.3) is 5.91 Å². The molecule has 0 radical (unpaired) electrons. The lowest BCUT2D eigenvalue weighted by Crippen LogP contribution is -2.34. The number of esters is 1. The number of hydrogen-bond acceptors (Lipinski definition) is 4. The third kappa shape index (κ3) is 3.11. The summed E-state index contributed by atoms with van der Waals surface area (Å²) < 4.78 is 10.5. The van der Waals surface area contributed by atoms with Gasteiger partial charge in [0.2, 0.25) is 0 Å². The molecule has 106 valence electrons. The third-order valence-corrected chi connectivity index (χ3v) is 3.08. The maximum Gasteiger partial charge on any atom is 0.338 e. The van der Waals surface area contributed by atoms with Crippen molar-refractivity contribution in [2.75, 3.05) is 13.7 Å². The first-order valence-corrected chi connectivity index (χ1v) is 6.44. The number of carbonyl (C=O) groups excluding carboxylic acids is 2. The molecular formula is C14H14ClNO4. The molecule has 0 fully saturated rings. The first kappa shape index (κ1) is 14.4. The second-order valence-electron chi connectivity index (χ2n) is 4.30. The summed E-state index contributed by atoms with van der Waals surface area (Å²) in [6.45, 7) is 1.61. The fraction of sp³-hybridized carbons (Fsp3) is 0.286. The van der Waals surface area contributed by atoms with Gasteiger partial charge in [0.05, 0.1) is 5.57 Å². The second kappa shape index (κ2) is 5.96. The standard InChI is InChI=1S/C14H14ClNO4/c1-8(13(17)16-2)20-14(18)10-5-9-6-11(15)3-4-12(9)19-7-10/h3-6,8H,7H2,1-2H3,(H,16,17)/t8-/m1/s1. The average Bonchev–Trinajstić information content (AvgIpc) is 2.45. The number of nitrogens with one attached hydrogen (secondary N) is 1. The van der Waals surface area contributed by atoms with Crippen molar-refractivity contribution in [1.29, 1.82) is 0 Å². The highest BCUT2D eigenvalue weighted by Gasteiger charge is 2.22. The van der Waals surface area contributed by atoms with Crippen LogP contribution in [0.25, 0.3) is 6.08 Å². The van der Waals surface area contributed by atoms with Crippen LogP contribution in [-0.2, 0) is 14.3 Å². The number of halogens is 1. The monoisotopic (exact) mass is 295 g/mol. The maximum absolute atomic E-state index is 11.9. The smallest absolute Gasteiger partial charge is 0.338 e. The predicted molar refractivity (Wildman–Crippen MR) is 74.5 cm³/mol. The van der Waals surface area contributed by atoms with E-state index in [1.165, 1.54) is 14.0 Å². The van der Waals surface area contributed by atoms with Gasteiger partial charge in [-0.05, 0) is 31.2 Å². The first-order valence-electron chi connectivity index (χ1n) is 6.06. The van der Waals surface area contributed by atoms with Gasteiger partial charge in [-0.3, -0.25) is 4.79 Å². The van der Waals surface area contributed by atoms with Crippen LogP contribution in [0.3, 0.4) is 0 Å². The van der Waals surface area contributed by atoms with Crippen LogP contribution in [0.4, 0.5) is 0 Å². The lowest BCUT2D eigenvalue weighted by Gasteiger charge is -2.18. The van der Waals surface area contributed by atoms with Crippen LogP contribution in [0.15, 0.2) is 23.8 Å². The molecule has 20 heavy (non-hydrogen) atoms. The van der Waals surface area contributed by atoms with Gasteiger partial charge in [0, 0.05) is 17.6 Å². The van der Waals surface area contributed by atoms with E-state index < -0.39 is 12.1 Å². The van der Waals surface area contributed by atoms with E-state index in [2.05, 4.69) is 5.32 Å². The topological polar surface area (TPSA) is 64.6 Å². The van der Waals surface area contributed by atoms with Crippen LogP contribution < -0.4 is 10.1 Å². The van der Waals surface area contributed by atoms with Crippen molar-refractivity contribution in [3.63, 3.8) is 0 Å². The molecule has 5 nitrogen and oxygen atoms in total. The van der Waals surface area contributed by atoms with Crippen LogP contribution in [0, 0.1) is 0 Å². The average molecular weight is 296 g/mol. The Morgan fingerprint density at radius 3 is 2.90 bits per heavy atom. The summed E-state index contributed by atoms with van der Waals surface area (Å²) in [5.41, 5.74) is 1.05. The van der Waals surface area contributed by atoms with E-state index in [9.17, 15) is 9.59 Å². The number of carbonyl (C=O) groups is 2. The van der Waals surface area contributed by atoms with E-state index in [1.807, 2.05) is 0 Å². The van der Waals surface area contributed by atoms with Crippen molar-refractivity contribution in [1.82, 2.24) is 5.32 Å². The van der Waals surface area contributed by atoms with Gasteiger partial charge in [-0.1, -0.05) is 11.6 Å². The molecule has 1 aromatic carbocycles. The number of amides is 1. The van der Waals surface area contributed by atoms with Crippen LogP contribution in [-0.4, -0.2) is 31.6 Å². The minimum Gasteiger partial charge on any atom is -0.488 e. The summed E-state index contributed by atoms with van der Waals surface area (Å²) in [7, 11) is 1.48. The molecule has 2 rings (SSSR count). The minimum atomic E-state index is -0.853. The van der Waals surface area contributed by atoms with Crippen molar-refractivity contribution in [3.8, 4) is 5.75 Å². The molecule has 1 N–H and O–H groups in total. The fourth-order valence-electron chi connectivity index (χ4n) is 1.76. The van der Waals surface area contributed by atoms with Crippen molar-refractivity contribution in [2.24, 2.45) is 0 Å². The molecule has 0 saturated heterocycles. The zero-order valence-electron chi connectivity index (χ0n) is 11.1. The Bertz CT molecular complexity index is 583. The number of likely N-dealkylation sites (N-methyl/N-ethyl adjacent to an activating group) is 1. The van der Waals surface area contributed by atoms with E-state index in [-0.39, 0.29) is 12.5 Å². The Kier molecular flexibility index (Phi) is 4.29. The molecule has 1 heterocycles.